The number of carbonyl (C=O) groups is 2. The normalized spacial score (nSPS) is 10.9. The first-order valence-corrected chi connectivity index (χ1v) is 10.2. The maximum absolute atomic E-state index is 13.0. The molecule has 0 unspecified atom stereocenters. The fraction of sp³-hybridized carbons (Fsp3) is 0.0455. The lowest BCUT2D eigenvalue weighted by atomic mass is 9.99. The highest BCUT2D eigenvalue weighted by molar-refractivity contribution is 7.09. The Labute approximate surface area is 185 Å². The van der Waals surface area contributed by atoms with Gasteiger partial charge in [-0.15, -0.1) is 11.3 Å². The van der Waals surface area contributed by atoms with Gasteiger partial charge in [-0.25, -0.2) is 9.78 Å². The molecular formula is C22H17N5O4S. The Hall–Kier alpha value is -4.31. The summed E-state index contributed by atoms with van der Waals surface area (Å²) in [5.74, 6) is -2.05. The summed E-state index contributed by atoms with van der Waals surface area (Å²) >= 11 is 1.36. The number of amidine groups is 1. The second-order valence-electron chi connectivity index (χ2n) is 6.96. The van der Waals surface area contributed by atoms with Crippen molar-refractivity contribution in [2.45, 2.75) is 6.54 Å². The number of benzene rings is 2. The molecule has 0 radical (unpaired) electrons. The first-order valence-electron chi connectivity index (χ1n) is 9.34. The SMILES string of the molecule is N=C(N)c1ccc(C(=O)c2ccc3c(=O)c(C(=O)O)c(N)n(Cc4nccs4)c3c2)cc1. The topological polar surface area (TPSA) is 165 Å². The summed E-state index contributed by atoms with van der Waals surface area (Å²) in [6.45, 7) is 0.144. The molecule has 0 fully saturated rings. The van der Waals surface area contributed by atoms with Crippen LogP contribution < -0.4 is 16.9 Å². The number of carboxylic acids is 1. The molecule has 2 heterocycles. The summed E-state index contributed by atoms with van der Waals surface area (Å²) in [6.07, 6.45) is 1.61. The highest BCUT2D eigenvalue weighted by Gasteiger charge is 2.22. The van der Waals surface area contributed by atoms with E-state index in [1.807, 2.05) is 0 Å². The van der Waals surface area contributed by atoms with E-state index in [0.717, 1.165) is 0 Å². The smallest absolute Gasteiger partial charge is 0.343 e. The number of aromatic nitrogens is 2. The predicted molar refractivity (Wildman–Crippen MR) is 122 cm³/mol. The lowest BCUT2D eigenvalue weighted by molar-refractivity contribution is 0.0696. The molecule has 0 bridgehead atoms. The number of pyridine rings is 1. The number of nitrogen functional groups attached to an aromatic ring is 2. The zero-order chi connectivity index (χ0) is 23.0. The standard InChI is InChI=1S/C22H17N5O4S/c23-20(24)12-3-1-11(2-4-12)18(28)13-5-6-14-15(9-13)27(10-16-26-7-8-32-16)21(25)17(19(14)29)22(30)31/h1-9H,10,25H2,(H3,23,24)(H,30,31). The molecule has 4 aromatic rings. The Kier molecular flexibility index (Phi) is 5.29. The van der Waals surface area contributed by atoms with Gasteiger partial charge in [0.1, 0.15) is 22.2 Å². The molecule has 10 heteroatoms. The summed E-state index contributed by atoms with van der Waals surface area (Å²) in [6, 6.07) is 10.7. The van der Waals surface area contributed by atoms with E-state index in [4.69, 9.17) is 16.9 Å². The monoisotopic (exact) mass is 447 g/mol. The first kappa shape index (κ1) is 20.9. The third-order valence-corrected chi connectivity index (χ3v) is 5.78. The number of nitrogens with one attached hydrogen (secondary N) is 1. The maximum Gasteiger partial charge on any atom is 0.343 e. The van der Waals surface area contributed by atoms with Gasteiger partial charge in [0.25, 0.3) is 0 Å². The van der Waals surface area contributed by atoms with Gasteiger partial charge in [0.2, 0.25) is 5.43 Å². The van der Waals surface area contributed by atoms with Gasteiger partial charge in [-0.3, -0.25) is 15.0 Å². The van der Waals surface area contributed by atoms with Gasteiger partial charge in [0.05, 0.1) is 12.1 Å². The van der Waals surface area contributed by atoms with Crippen LogP contribution in [-0.4, -0.2) is 32.2 Å². The molecule has 4 rings (SSSR count). The average molecular weight is 447 g/mol. The number of fused-ring (bicyclic) bond motifs is 1. The van der Waals surface area contributed by atoms with Gasteiger partial charge in [-0.05, 0) is 12.1 Å². The number of anilines is 1. The van der Waals surface area contributed by atoms with Crippen molar-refractivity contribution in [3.63, 3.8) is 0 Å². The lowest BCUT2D eigenvalue weighted by Gasteiger charge is -2.16. The van der Waals surface area contributed by atoms with Crippen LogP contribution in [0, 0.1) is 5.41 Å². The van der Waals surface area contributed by atoms with E-state index in [9.17, 15) is 19.5 Å². The molecule has 0 saturated carbocycles. The number of hydrogen-bond donors (Lipinski definition) is 4. The van der Waals surface area contributed by atoms with Gasteiger partial charge >= 0.3 is 5.97 Å². The van der Waals surface area contributed by atoms with Crippen molar-refractivity contribution in [2.24, 2.45) is 5.73 Å². The zero-order valence-corrected chi connectivity index (χ0v) is 17.3. The number of hydrogen-bond acceptors (Lipinski definition) is 7. The number of carbonyl (C=O) groups excluding carboxylic acids is 1. The fourth-order valence-electron chi connectivity index (χ4n) is 3.42. The average Bonchev–Trinajstić information content (AvgIpc) is 3.29. The first-order chi connectivity index (χ1) is 15.3. The molecule has 9 nitrogen and oxygen atoms in total. The molecule has 0 saturated heterocycles. The quantitative estimate of drug-likeness (QED) is 0.200. The number of nitrogens with two attached hydrogens (primary N) is 2. The Morgan fingerprint density at radius 2 is 1.75 bits per heavy atom. The van der Waals surface area contributed by atoms with Crippen molar-refractivity contribution >= 4 is 45.6 Å². The second-order valence-corrected chi connectivity index (χ2v) is 7.94. The van der Waals surface area contributed by atoms with Crippen LogP contribution in [0.4, 0.5) is 5.82 Å². The fourth-order valence-corrected chi connectivity index (χ4v) is 4.02. The van der Waals surface area contributed by atoms with Gasteiger partial charge in [-0.2, -0.15) is 0 Å². The summed E-state index contributed by atoms with van der Waals surface area (Å²) in [7, 11) is 0. The second kappa shape index (κ2) is 8.08. The van der Waals surface area contributed by atoms with Gasteiger partial charge in [-0.1, -0.05) is 30.3 Å². The minimum absolute atomic E-state index is 0.106. The number of ketones is 1. The molecule has 0 aliphatic carbocycles. The summed E-state index contributed by atoms with van der Waals surface area (Å²) < 4.78 is 1.48. The van der Waals surface area contributed by atoms with Gasteiger partial charge < -0.3 is 21.1 Å². The molecule has 0 atom stereocenters. The van der Waals surface area contributed by atoms with Crippen LogP contribution in [-0.2, 0) is 6.54 Å². The molecule has 32 heavy (non-hydrogen) atoms. The lowest BCUT2D eigenvalue weighted by Crippen LogP contribution is -2.24. The zero-order valence-electron chi connectivity index (χ0n) is 16.5. The number of nitrogens with zero attached hydrogens (tertiary/aromatic N) is 2. The molecule has 6 N–H and O–H groups in total. The van der Waals surface area contributed by atoms with E-state index in [1.54, 1.807) is 35.8 Å². The van der Waals surface area contributed by atoms with Crippen molar-refractivity contribution in [3.8, 4) is 0 Å². The molecule has 0 aliphatic heterocycles. The third-order valence-electron chi connectivity index (χ3n) is 5.02. The molecule has 2 aromatic carbocycles. The van der Waals surface area contributed by atoms with Crippen molar-refractivity contribution in [1.82, 2.24) is 9.55 Å². The minimum atomic E-state index is -1.42. The Morgan fingerprint density at radius 1 is 1.09 bits per heavy atom. The van der Waals surface area contributed by atoms with Crippen molar-refractivity contribution in [1.29, 1.82) is 5.41 Å². The highest BCUT2D eigenvalue weighted by atomic mass is 32.1. The van der Waals surface area contributed by atoms with Crippen LogP contribution in [0.1, 0.15) is 36.9 Å². The number of thiazole rings is 1. The number of rotatable bonds is 6. The van der Waals surface area contributed by atoms with Crippen LogP contribution in [0.3, 0.4) is 0 Å². The van der Waals surface area contributed by atoms with E-state index in [1.165, 1.54) is 34.1 Å². The number of aromatic carboxylic acids is 1. The summed E-state index contributed by atoms with van der Waals surface area (Å²) in [4.78, 5) is 41.7. The number of carboxylic acid groups (broad SMARTS) is 1. The molecular weight excluding hydrogens is 430 g/mol. The molecule has 160 valence electrons. The Balaban J connectivity index is 1.89. The van der Waals surface area contributed by atoms with Crippen LogP contribution in [0.15, 0.2) is 58.8 Å². The third kappa shape index (κ3) is 3.63. The van der Waals surface area contributed by atoms with Crippen molar-refractivity contribution in [2.75, 3.05) is 5.73 Å². The molecule has 0 amide bonds. The van der Waals surface area contributed by atoms with Gasteiger partial charge in [0, 0.05) is 33.7 Å². The Bertz CT molecular complexity index is 1440. The van der Waals surface area contributed by atoms with E-state index in [2.05, 4.69) is 4.98 Å². The van der Waals surface area contributed by atoms with E-state index in [0.29, 0.717) is 27.2 Å². The van der Waals surface area contributed by atoms with Crippen LogP contribution in [0.2, 0.25) is 0 Å². The molecule has 0 aliphatic rings. The van der Waals surface area contributed by atoms with E-state index in [-0.39, 0.29) is 29.4 Å². The summed E-state index contributed by atoms with van der Waals surface area (Å²) in [5.41, 5.74) is 11.8. The van der Waals surface area contributed by atoms with E-state index < -0.39 is 17.0 Å². The van der Waals surface area contributed by atoms with Gasteiger partial charge in [0.15, 0.2) is 5.78 Å². The highest BCUT2D eigenvalue weighted by Crippen LogP contribution is 2.23. The van der Waals surface area contributed by atoms with E-state index >= 15 is 0 Å². The molecule has 0 spiro atoms. The van der Waals surface area contributed by atoms with Crippen LogP contribution in [0.25, 0.3) is 10.9 Å². The van der Waals surface area contributed by atoms with Crippen molar-refractivity contribution in [3.05, 3.63) is 91.5 Å². The summed E-state index contributed by atoms with van der Waals surface area (Å²) in [5, 5.41) is 19.6. The molecule has 2 aromatic heterocycles. The minimum Gasteiger partial charge on any atom is -0.477 e. The van der Waals surface area contributed by atoms with Crippen LogP contribution in [0.5, 0.6) is 0 Å². The van der Waals surface area contributed by atoms with Crippen LogP contribution >= 0.6 is 11.3 Å². The van der Waals surface area contributed by atoms with Crippen molar-refractivity contribution < 1.29 is 14.7 Å². The largest absolute Gasteiger partial charge is 0.477 e. The Morgan fingerprint density at radius 3 is 2.34 bits per heavy atom. The predicted octanol–water partition coefficient (Wildman–Crippen LogP) is 2.30. The maximum atomic E-state index is 13.0.